The second-order valence-electron chi connectivity index (χ2n) is 4.90. The molecule has 0 aromatic carbocycles. The van der Waals surface area contributed by atoms with Gasteiger partial charge >= 0.3 is 0 Å². The molecule has 2 rings (SSSR count). The van der Waals surface area contributed by atoms with Crippen LogP contribution in [0.4, 0.5) is 0 Å². The second kappa shape index (κ2) is 6.50. The summed E-state index contributed by atoms with van der Waals surface area (Å²) < 4.78 is 5.44. The Balaban J connectivity index is 1.81. The van der Waals surface area contributed by atoms with Crippen LogP contribution in [0.3, 0.4) is 0 Å². The Morgan fingerprint density at radius 2 is 2.24 bits per heavy atom. The van der Waals surface area contributed by atoms with Crippen LogP contribution in [0.15, 0.2) is 4.99 Å². The van der Waals surface area contributed by atoms with E-state index in [0.29, 0.717) is 11.8 Å². The molecule has 0 aromatic rings. The van der Waals surface area contributed by atoms with Gasteiger partial charge in [0.05, 0.1) is 0 Å². The van der Waals surface area contributed by atoms with E-state index >= 15 is 0 Å². The third kappa shape index (κ3) is 3.78. The van der Waals surface area contributed by atoms with Crippen molar-refractivity contribution in [2.45, 2.75) is 13.3 Å². The number of hydrogen-bond donors (Lipinski definition) is 1. The van der Waals surface area contributed by atoms with Gasteiger partial charge in [-0.1, -0.05) is 6.92 Å². The number of rotatable bonds is 2. The molecule has 0 radical (unpaired) electrons. The number of nitrogens with two attached hydrogens (primary N) is 1. The number of ether oxygens (including phenoxy) is 1. The molecule has 2 aliphatic rings. The lowest BCUT2D eigenvalue weighted by molar-refractivity contribution is 0.0273. The van der Waals surface area contributed by atoms with Crippen LogP contribution in [0, 0.1) is 11.8 Å². The van der Waals surface area contributed by atoms with Crippen molar-refractivity contribution in [1.82, 2.24) is 4.90 Å². The first-order valence-corrected chi connectivity index (χ1v) is 7.63. The summed E-state index contributed by atoms with van der Waals surface area (Å²) in [5.74, 6) is 4.33. The molecule has 0 aromatic heterocycles. The highest BCUT2D eigenvalue weighted by molar-refractivity contribution is 7.99. The molecule has 98 valence electrons. The lowest BCUT2D eigenvalue weighted by Crippen LogP contribution is -2.43. The quantitative estimate of drug-likeness (QED) is 0.593. The molecule has 17 heavy (non-hydrogen) atoms. The highest BCUT2D eigenvalue weighted by Gasteiger charge is 2.22. The first kappa shape index (κ1) is 13.0. The van der Waals surface area contributed by atoms with Gasteiger partial charge < -0.3 is 15.4 Å². The zero-order valence-electron chi connectivity index (χ0n) is 10.6. The number of nitrogens with zero attached hydrogens (tertiary/aromatic N) is 2. The van der Waals surface area contributed by atoms with E-state index in [1.54, 1.807) is 0 Å². The summed E-state index contributed by atoms with van der Waals surface area (Å²) in [4.78, 5) is 6.79. The fourth-order valence-electron chi connectivity index (χ4n) is 2.30. The number of hydrogen-bond acceptors (Lipinski definition) is 3. The number of aliphatic imine (C=N–C) groups is 1. The molecule has 5 heteroatoms. The summed E-state index contributed by atoms with van der Waals surface area (Å²) in [5, 5.41) is 0. The maximum Gasteiger partial charge on any atom is 0.191 e. The molecular formula is C12H23N3OS. The summed E-state index contributed by atoms with van der Waals surface area (Å²) >= 11 is 1.99. The van der Waals surface area contributed by atoms with Crippen LogP contribution in [-0.4, -0.2) is 55.2 Å². The van der Waals surface area contributed by atoms with Gasteiger partial charge in [0, 0.05) is 44.4 Å². The Labute approximate surface area is 108 Å². The third-order valence-electron chi connectivity index (χ3n) is 3.64. The topological polar surface area (TPSA) is 50.9 Å². The van der Waals surface area contributed by atoms with E-state index in [9.17, 15) is 0 Å². The lowest BCUT2D eigenvalue weighted by atomic mass is 9.90. The van der Waals surface area contributed by atoms with Crippen molar-refractivity contribution in [2.24, 2.45) is 22.6 Å². The van der Waals surface area contributed by atoms with Crippen LogP contribution in [0.2, 0.25) is 0 Å². The van der Waals surface area contributed by atoms with Crippen molar-refractivity contribution in [3.8, 4) is 0 Å². The van der Waals surface area contributed by atoms with Crippen LogP contribution < -0.4 is 5.73 Å². The first-order valence-electron chi connectivity index (χ1n) is 6.47. The Bertz CT molecular complexity index is 266. The number of thioether (sulfide) groups is 1. The van der Waals surface area contributed by atoms with E-state index in [2.05, 4.69) is 16.8 Å². The molecule has 0 saturated carbocycles. The molecular weight excluding hydrogens is 234 g/mol. The molecule has 2 fully saturated rings. The highest BCUT2D eigenvalue weighted by Crippen LogP contribution is 2.21. The van der Waals surface area contributed by atoms with Crippen LogP contribution in [-0.2, 0) is 4.74 Å². The molecule has 2 saturated heterocycles. The minimum absolute atomic E-state index is 0.609. The van der Waals surface area contributed by atoms with E-state index in [1.165, 1.54) is 11.5 Å². The molecule has 2 N–H and O–H groups in total. The SMILES string of the molecule is CC1COCCC1CN=C(N)N1CCSCC1. The van der Waals surface area contributed by atoms with Crippen molar-refractivity contribution in [3.63, 3.8) is 0 Å². The molecule has 2 aliphatic heterocycles. The average Bonchev–Trinajstić information content (AvgIpc) is 2.38. The molecule has 2 unspecified atom stereocenters. The summed E-state index contributed by atoms with van der Waals surface area (Å²) in [5.41, 5.74) is 6.05. The first-order chi connectivity index (χ1) is 8.27. The van der Waals surface area contributed by atoms with Crippen LogP contribution in [0.5, 0.6) is 0 Å². The van der Waals surface area contributed by atoms with Gasteiger partial charge in [0.15, 0.2) is 5.96 Å². The van der Waals surface area contributed by atoms with E-state index in [1.807, 2.05) is 11.8 Å². The number of guanidine groups is 1. The van der Waals surface area contributed by atoms with Crippen LogP contribution in [0.25, 0.3) is 0 Å². The second-order valence-corrected chi connectivity index (χ2v) is 6.12. The van der Waals surface area contributed by atoms with Crippen molar-refractivity contribution in [3.05, 3.63) is 0 Å². The summed E-state index contributed by atoms with van der Waals surface area (Å²) in [6, 6.07) is 0. The van der Waals surface area contributed by atoms with Crippen molar-refractivity contribution in [2.75, 3.05) is 44.4 Å². The smallest absolute Gasteiger partial charge is 0.191 e. The molecule has 2 atom stereocenters. The summed E-state index contributed by atoms with van der Waals surface area (Å²) in [6.45, 7) is 6.95. The van der Waals surface area contributed by atoms with Crippen molar-refractivity contribution < 1.29 is 4.74 Å². The molecule has 2 heterocycles. The van der Waals surface area contributed by atoms with Crippen molar-refractivity contribution >= 4 is 17.7 Å². The Morgan fingerprint density at radius 3 is 2.94 bits per heavy atom. The van der Waals surface area contributed by atoms with Gasteiger partial charge in [0.1, 0.15) is 0 Å². The summed E-state index contributed by atoms with van der Waals surface area (Å²) in [7, 11) is 0. The van der Waals surface area contributed by atoms with Gasteiger partial charge in [-0.25, -0.2) is 0 Å². The fourth-order valence-corrected chi connectivity index (χ4v) is 3.20. The third-order valence-corrected chi connectivity index (χ3v) is 4.58. The maximum atomic E-state index is 6.05. The van der Waals surface area contributed by atoms with E-state index < -0.39 is 0 Å². The van der Waals surface area contributed by atoms with Gasteiger partial charge in [-0.15, -0.1) is 0 Å². The zero-order valence-corrected chi connectivity index (χ0v) is 11.4. The van der Waals surface area contributed by atoms with E-state index in [4.69, 9.17) is 10.5 Å². The van der Waals surface area contributed by atoms with E-state index in [-0.39, 0.29) is 0 Å². The van der Waals surface area contributed by atoms with Gasteiger partial charge in [-0.05, 0) is 18.3 Å². The highest BCUT2D eigenvalue weighted by atomic mass is 32.2. The van der Waals surface area contributed by atoms with Crippen LogP contribution in [0.1, 0.15) is 13.3 Å². The normalized spacial score (nSPS) is 31.6. The molecule has 0 bridgehead atoms. The Kier molecular flexibility index (Phi) is 4.98. The van der Waals surface area contributed by atoms with Gasteiger partial charge in [-0.3, -0.25) is 4.99 Å². The van der Waals surface area contributed by atoms with Gasteiger partial charge in [0.2, 0.25) is 0 Å². The largest absolute Gasteiger partial charge is 0.381 e. The molecule has 0 aliphatic carbocycles. The van der Waals surface area contributed by atoms with E-state index in [0.717, 1.165) is 45.2 Å². The van der Waals surface area contributed by atoms with Gasteiger partial charge in [-0.2, -0.15) is 11.8 Å². The fraction of sp³-hybridized carbons (Fsp3) is 0.917. The monoisotopic (exact) mass is 257 g/mol. The minimum atomic E-state index is 0.609. The average molecular weight is 257 g/mol. The standard InChI is InChI=1S/C12H23N3OS/c1-10-9-16-5-2-11(10)8-14-12(13)15-3-6-17-7-4-15/h10-11H,2-9H2,1H3,(H2,13,14). The molecule has 0 spiro atoms. The zero-order chi connectivity index (χ0) is 12.1. The minimum Gasteiger partial charge on any atom is -0.381 e. The van der Waals surface area contributed by atoms with Gasteiger partial charge in [0.25, 0.3) is 0 Å². The lowest BCUT2D eigenvalue weighted by Gasteiger charge is -2.30. The predicted molar refractivity (Wildman–Crippen MR) is 73.5 cm³/mol. The molecule has 4 nitrogen and oxygen atoms in total. The van der Waals surface area contributed by atoms with Crippen molar-refractivity contribution in [1.29, 1.82) is 0 Å². The molecule has 0 amide bonds. The van der Waals surface area contributed by atoms with Crippen LogP contribution >= 0.6 is 11.8 Å². The Hall–Kier alpha value is -0.420. The predicted octanol–water partition coefficient (Wildman–Crippen LogP) is 1.02. The summed E-state index contributed by atoms with van der Waals surface area (Å²) in [6.07, 6.45) is 1.12. The maximum absolute atomic E-state index is 6.05. The Morgan fingerprint density at radius 1 is 1.47 bits per heavy atom.